The van der Waals surface area contributed by atoms with Gasteiger partial charge in [0.05, 0.1) is 23.1 Å². The zero-order chi connectivity index (χ0) is 22.8. The second kappa shape index (κ2) is 9.11. The number of carboxylic acid groups (broad SMARTS) is 1. The molecular weight excluding hydrogens is 423 g/mol. The van der Waals surface area contributed by atoms with Crippen molar-refractivity contribution < 1.29 is 23.8 Å². The van der Waals surface area contributed by atoms with Gasteiger partial charge in [0.15, 0.2) is 0 Å². The number of hydrogen-bond acceptors (Lipinski definition) is 5. The molecule has 164 valence electrons. The molecule has 1 unspecified atom stereocenters. The Morgan fingerprint density at radius 3 is 2.52 bits per heavy atom. The number of hydrogen-bond donors (Lipinski definition) is 2. The van der Waals surface area contributed by atoms with Crippen LogP contribution in [0.5, 0.6) is 0 Å². The minimum absolute atomic E-state index is 0.0123. The number of carbonyl (C=O) groups excluding carboxylic acids is 1. The number of nitriles is 1. The highest BCUT2D eigenvalue weighted by atomic mass is 35.5. The summed E-state index contributed by atoms with van der Waals surface area (Å²) in [6.07, 6.45) is 3.65. The van der Waals surface area contributed by atoms with Crippen LogP contribution in [0.3, 0.4) is 0 Å². The molecule has 0 bridgehead atoms. The molecule has 1 aliphatic heterocycles. The number of rotatable bonds is 6. The highest BCUT2D eigenvalue weighted by Gasteiger charge is 2.43. The number of carbonyl (C=O) groups is 2. The van der Waals surface area contributed by atoms with Crippen molar-refractivity contribution in [3.63, 3.8) is 0 Å². The molecule has 31 heavy (non-hydrogen) atoms. The lowest BCUT2D eigenvalue weighted by atomic mass is 9.80. The maximum atomic E-state index is 14.9. The van der Waals surface area contributed by atoms with Gasteiger partial charge in [-0.2, -0.15) is 5.26 Å². The Morgan fingerprint density at radius 1 is 1.29 bits per heavy atom. The molecule has 1 aromatic rings. The second-order valence-corrected chi connectivity index (χ2v) is 8.42. The van der Waals surface area contributed by atoms with Crippen molar-refractivity contribution in [3.05, 3.63) is 57.1 Å². The van der Waals surface area contributed by atoms with E-state index in [1.165, 1.54) is 18.2 Å². The molecule has 0 amide bonds. The van der Waals surface area contributed by atoms with Crippen molar-refractivity contribution in [3.8, 4) is 6.07 Å². The lowest BCUT2D eigenvalue weighted by Crippen LogP contribution is -2.37. The monoisotopic (exact) mass is 446 g/mol. The predicted octanol–water partition coefficient (Wildman–Crippen LogP) is 4.96. The van der Waals surface area contributed by atoms with Gasteiger partial charge in [-0.3, -0.25) is 0 Å². The highest BCUT2D eigenvalue weighted by molar-refractivity contribution is 6.31. The second-order valence-electron chi connectivity index (χ2n) is 8.01. The van der Waals surface area contributed by atoms with Crippen molar-refractivity contribution in [1.29, 1.82) is 5.26 Å². The number of esters is 1. The van der Waals surface area contributed by atoms with Gasteiger partial charge in [-0.1, -0.05) is 17.7 Å². The SMILES string of the molecule is CC1=C(C(=O)O)C(c2c(F)cccc2Cl)C(C(=O)OC2(CCC#N)CCCC2)=C(C)N1. The first-order valence-corrected chi connectivity index (χ1v) is 10.5. The third-order valence-electron chi connectivity index (χ3n) is 6.02. The van der Waals surface area contributed by atoms with Crippen LogP contribution in [0.25, 0.3) is 0 Å². The van der Waals surface area contributed by atoms with E-state index < -0.39 is 29.3 Å². The molecular formula is C23H24ClFN2O4. The first kappa shape index (κ1) is 22.8. The number of nitrogens with one attached hydrogen (secondary N) is 1. The van der Waals surface area contributed by atoms with E-state index in [2.05, 4.69) is 11.4 Å². The molecule has 0 saturated heterocycles. The summed E-state index contributed by atoms with van der Waals surface area (Å²) < 4.78 is 20.8. The Bertz CT molecular complexity index is 999. The Balaban J connectivity index is 2.10. The van der Waals surface area contributed by atoms with E-state index in [0.29, 0.717) is 30.7 Å². The zero-order valence-electron chi connectivity index (χ0n) is 17.4. The molecule has 1 heterocycles. The molecule has 3 rings (SSSR count). The first-order chi connectivity index (χ1) is 14.7. The lowest BCUT2D eigenvalue weighted by Gasteiger charge is -2.34. The van der Waals surface area contributed by atoms with Crippen LogP contribution in [0.15, 0.2) is 40.7 Å². The summed E-state index contributed by atoms with van der Waals surface area (Å²) in [5.74, 6) is -3.94. The van der Waals surface area contributed by atoms with E-state index in [1.54, 1.807) is 13.8 Å². The first-order valence-electron chi connectivity index (χ1n) is 10.2. The van der Waals surface area contributed by atoms with E-state index in [0.717, 1.165) is 12.8 Å². The van der Waals surface area contributed by atoms with E-state index >= 15 is 0 Å². The topological polar surface area (TPSA) is 99.4 Å². The van der Waals surface area contributed by atoms with Gasteiger partial charge in [-0.15, -0.1) is 0 Å². The molecule has 1 atom stereocenters. The molecule has 6 nitrogen and oxygen atoms in total. The molecule has 1 aliphatic carbocycles. The standard InChI is InChI=1S/C23H24ClFN2O4/c1-13-17(21(28)29)20(19-15(24)7-5-8-16(19)25)18(14(2)27-13)22(30)31-23(11-6-12-26)9-3-4-10-23/h5,7-8,20,27H,3-4,6,9-11H2,1-2H3,(H,28,29). The zero-order valence-corrected chi connectivity index (χ0v) is 18.2. The fourth-order valence-electron chi connectivity index (χ4n) is 4.58. The third-order valence-corrected chi connectivity index (χ3v) is 6.35. The van der Waals surface area contributed by atoms with Crippen molar-refractivity contribution >= 4 is 23.5 Å². The van der Waals surface area contributed by atoms with Gasteiger partial charge in [0.25, 0.3) is 0 Å². The smallest absolute Gasteiger partial charge is 0.337 e. The minimum Gasteiger partial charge on any atom is -0.478 e. The van der Waals surface area contributed by atoms with Gasteiger partial charge in [0.2, 0.25) is 0 Å². The van der Waals surface area contributed by atoms with Gasteiger partial charge < -0.3 is 15.2 Å². The molecule has 2 aliphatic rings. The van der Waals surface area contributed by atoms with Crippen LogP contribution in [-0.4, -0.2) is 22.6 Å². The molecule has 0 radical (unpaired) electrons. The van der Waals surface area contributed by atoms with Gasteiger partial charge >= 0.3 is 11.9 Å². The van der Waals surface area contributed by atoms with Gasteiger partial charge in [0.1, 0.15) is 11.4 Å². The molecule has 0 spiro atoms. The Morgan fingerprint density at radius 2 is 1.94 bits per heavy atom. The number of carboxylic acids is 1. The molecule has 1 fully saturated rings. The fourth-order valence-corrected chi connectivity index (χ4v) is 4.85. The lowest BCUT2D eigenvalue weighted by molar-refractivity contribution is -0.155. The normalized spacial score (nSPS) is 20.3. The summed E-state index contributed by atoms with van der Waals surface area (Å²) in [7, 11) is 0. The van der Waals surface area contributed by atoms with Gasteiger partial charge in [0, 0.05) is 34.8 Å². The molecule has 1 aromatic carbocycles. The summed E-state index contributed by atoms with van der Waals surface area (Å²) >= 11 is 6.28. The largest absolute Gasteiger partial charge is 0.478 e. The summed E-state index contributed by atoms with van der Waals surface area (Å²) in [4.78, 5) is 25.6. The Hall–Kier alpha value is -2.85. The number of halogens is 2. The van der Waals surface area contributed by atoms with Gasteiger partial charge in [-0.25, -0.2) is 14.0 Å². The van der Waals surface area contributed by atoms with Crippen LogP contribution in [0.2, 0.25) is 5.02 Å². The maximum absolute atomic E-state index is 14.9. The average Bonchev–Trinajstić information content (AvgIpc) is 3.14. The summed E-state index contributed by atoms with van der Waals surface area (Å²) in [5, 5.41) is 21.8. The molecule has 2 N–H and O–H groups in total. The van der Waals surface area contributed by atoms with Crippen LogP contribution < -0.4 is 5.32 Å². The number of aliphatic carboxylic acids is 1. The number of benzene rings is 1. The van der Waals surface area contributed by atoms with Crippen molar-refractivity contribution in [1.82, 2.24) is 5.32 Å². The van der Waals surface area contributed by atoms with Gasteiger partial charge in [-0.05, 0) is 51.7 Å². The minimum atomic E-state index is -1.29. The Labute approximate surface area is 185 Å². The maximum Gasteiger partial charge on any atom is 0.337 e. The van der Waals surface area contributed by atoms with E-state index in [4.69, 9.17) is 21.6 Å². The summed E-state index contributed by atoms with van der Waals surface area (Å²) in [5.41, 5.74) is -0.328. The van der Waals surface area contributed by atoms with E-state index in [9.17, 15) is 19.1 Å². The number of allylic oxidation sites excluding steroid dienone is 2. The van der Waals surface area contributed by atoms with Crippen LogP contribution >= 0.6 is 11.6 Å². The van der Waals surface area contributed by atoms with E-state index in [1.807, 2.05) is 0 Å². The van der Waals surface area contributed by atoms with Crippen molar-refractivity contribution in [2.75, 3.05) is 0 Å². The van der Waals surface area contributed by atoms with Crippen LogP contribution in [-0.2, 0) is 14.3 Å². The summed E-state index contributed by atoms with van der Waals surface area (Å²) in [6, 6.07) is 6.15. The number of ether oxygens (including phenoxy) is 1. The van der Waals surface area contributed by atoms with Crippen LogP contribution in [0.4, 0.5) is 4.39 Å². The molecule has 1 saturated carbocycles. The van der Waals surface area contributed by atoms with Crippen molar-refractivity contribution in [2.24, 2.45) is 0 Å². The van der Waals surface area contributed by atoms with Crippen LogP contribution in [0.1, 0.15) is 63.9 Å². The number of nitrogens with zero attached hydrogens (tertiary/aromatic N) is 1. The quantitative estimate of drug-likeness (QED) is 0.599. The fraction of sp³-hybridized carbons (Fsp3) is 0.435. The average molecular weight is 447 g/mol. The number of dihydropyridines is 1. The molecule has 0 aromatic heterocycles. The third kappa shape index (κ3) is 4.45. The van der Waals surface area contributed by atoms with Crippen LogP contribution in [0, 0.1) is 17.1 Å². The predicted molar refractivity (Wildman–Crippen MR) is 112 cm³/mol. The van der Waals surface area contributed by atoms with E-state index in [-0.39, 0.29) is 28.2 Å². The summed E-state index contributed by atoms with van der Waals surface area (Å²) in [6.45, 7) is 3.18. The highest BCUT2D eigenvalue weighted by Crippen LogP contribution is 2.44. The van der Waals surface area contributed by atoms with Crippen molar-refractivity contribution in [2.45, 2.75) is 63.9 Å². The Kier molecular flexibility index (Phi) is 6.71. The molecule has 8 heteroatoms.